The van der Waals surface area contributed by atoms with Gasteiger partial charge in [0, 0.05) is 10.4 Å². The molecule has 3 heteroatoms. The summed E-state index contributed by atoms with van der Waals surface area (Å²) in [5.41, 5.74) is 9.92. The molecular weight excluding hydrogens is 266 g/mol. The van der Waals surface area contributed by atoms with Gasteiger partial charge in [-0.2, -0.15) is 0 Å². The zero-order valence-electron chi connectivity index (χ0n) is 11.9. The second kappa shape index (κ2) is 5.06. The van der Waals surface area contributed by atoms with Gasteiger partial charge in [-0.3, -0.25) is 4.79 Å². The van der Waals surface area contributed by atoms with E-state index in [9.17, 15) is 4.79 Å². The Labute approximate surface area is 123 Å². The highest BCUT2D eigenvalue weighted by atomic mass is 32.1. The average molecular weight is 285 g/mol. The molecule has 1 aromatic carbocycles. The fourth-order valence-electron chi connectivity index (χ4n) is 2.98. The van der Waals surface area contributed by atoms with Gasteiger partial charge in [0.2, 0.25) is 0 Å². The van der Waals surface area contributed by atoms with Gasteiger partial charge in [-0.05, 0) is 43.2 Å². The molecule has 1 aliphatic carbocycles. The summed E-state index contributed by atoms with van der Waals surface area (Å²) in [5.74, 6) is 0.787. The molecule has 0 radical (unpaired) electrons. The summed E-state index contributed by atoms with van der Waals surface area (Å²) in [6.07, 6.45) is 3.19. The van der Waals surface area contributed by atoms with E-state index in [-0.39, 0.29) is 5.78 Å². The molecule has 1 aromatic heterocycles. The zero-order chi connectivity index (χ0) is 14.3. The van der Waals surface area contributed by atoms with Gasteiger partial charge in [0.15, 0.2) is 5.78 Å². The van der Waals surface area contributed by atoms with Gasteiger partial charge in [-0.25, -0.2) is 0 Å². The van der Waals surface area contributed by atoms with E-state index in [2.05, 4.69) is 6.92 Å². The van der Waals surface area contributed by atoms with Crippen LogP contribution in [0.1, 0.15) is 45.3 Å². The van der Waals surface area contributed by atoms with Crippen LogP contribution in [0.4, 0.5) is 5.00 Å². The zero-order valence-corrected chi connectivity index (χ0v) is 12.7. The Morgan fingerprint density at radius 3 is 2.85 bits per heavy atom. The first kappa shape index (κ1) is 13.4. The predicted octanol–water partition coefficient (Wildman–Crippen LogP) is 3.99. The number of ketones is 1. The molecule has 2 N–H and O–H groups in total. The first-order valence-electron chi connectivity index (χ1n) is 7.08. The summed E-state index contributed by atoms with van der Waals surface area (Å²) in [4.78, 5) is 14.1. The quantitative estimate of drug-likeness (QED) is 0.848. The largest absolute Gasteiger partial charge is 0.390 e. The highest BCUT2D eigenvalue weighted by molar-refractivity contribution is 7.16. The fourth-order valence-corrected chi connectivity index (χ4v) is 4.26. The molecule has 0 saturated carbocycles. The molecule has 0 fully saturated rings. The van der Waals surface area contributed by atoms with Crippen LogP contribution in [0.15, 0.2) is 24.3 Å². The Hall–Kier alpha value is -1.61. The maximum absolute atomic E-state index is 12.8. The van der Waals surface area contributed by atoms with Crippen LogP contribution in [0.5, 0.6) is 0 Å². The predicted molar refractivity (Wildman–Crippen MR) is 84.5 cm³/mol. The topological polar surface area (TPSA) is 43.1 Å². The summed E-state index contributed by atoms with van der Waals surface area (Å²) in [5, 5.41) is 0.692. The van der Waals surface area contributed by atoms with Gasteiger partial charge in [0.1, 0.15) is 0 Å². The van der Waals surface area contributed by atoms with Crippen LogP contribution in [0.2, 0.25) is 0 Å². The summed E-state index contributed by atoms with van der Waals surface area (Å²) >= 11 is 1.61. The van der Waals surface area contributed by atoms with Crippen molar-refractivity contribution in [2.45, 2.75) is 33.1 Å². The molecule has 1 heterocycles. The molecule has 0 saturated heterocycles. The van der Waals surface area contributed by atoms with Crippen LogP contribution in [-0.2, 0) is 12.8 Å². The van der Waals surface area contributed by atoms with Gasteiger partial charge in [-0.1, -0.05) is 31.2 Å². The van der Waals surface area contributed by atoms with Crippen molar-refractivity contribution in [2.75, 3.05) is 5.73 Å². The molecule has 2 nitrogen and oxygen atoms in total. The van der Waals surface area contributed by atoms with E-state index in [0.29, 0.717) is 10.9 Å². The molecule has 2 aromatic rings. The maximum Gasteiger partial charge on any atom is 0.196 e. The smallest absolute Gasteiger partial charge is 0.196 e. The molecule has 0 bridgehead atoms. The third-order valence-corrected chi connectivity index (χ3v) is 5.24. The highest BCUT2D eigenvalue weighted by Crippen LogP contribution is 2.39. The number of carbonyl (C=O) groups excluding carboxylic acids is 1. The van der Waals surface area contributed by atoms with Crippen molar-refractivity contribution in [1.29, 1.82) is 0 Å². The van der Waals surface area contributed by atoms with Crippen molar-refractivity contribution in [1.82, 2.24) is 0 Å². The summed E-state index contributed by atoms with van der Waals surface area (Å²) < 4.78 is 0. The molecule has 1 aliphatic rings. The molecule has 3 rings (SSSR count). The van der Waals surface area contributed by atoms with Crippen LogP contribution >= 0.6 is 11.3 Å². The number of anilines is 1. The number of thiophene rings is 1. The first-order chi connectivity index (χ1) is 9.58. The second-order valence-electron chi connectivity index (χ2n) is 5.74. The van der Waals surface area contributed by atoms with E-state index in [1.165, 1.54) is 10.4 Å². The van der Waals surface area contributed by atoms with Gasteiger partial charge in [0.25, 0.3) is 0 Å². The number of benzene rings is 1. The van der Waals surface area contributed by atoms with Crippen molar-refractivity contribution in [3.8, 4) is 0 Å². The number of carbonyl (C=O) groups is 1. The summed E-state index contributed by atoms with van der Waals surface area (Å²) in [6.45, 7) is 4.24. The Kier molecular flexibility index (Phi) is 3.38. The van der Waals surface area contributed by atoms with Gasteiger partial charge in [-0.15, -0.1) is 11.3 Å². The van der Waals surface area contributed by atoms with Crippen molar-refractivity contribution in [3.63, 3.8) is 0 Å². The second-order valence-corrected chi connectivity index (χ2v) is 6.87. The monoisotopic (exact) mass is 285 g/mol. The lowest BCUT2D eigenvalue weighted by atomic mass is 9.86. The van der Waals surface area contributed by atoms with Crippen molar-refractivity contribution >= 4 is 22.1 Å². The lowest BCUT2D eigenvalue weighted by Crippen LogP contribution is -2.13. The van der Waals surface area contributed by atoms with E-state index in [1.807, 2.05) is 31.2 Å². The molecule has 0 aliphatic heterocycles. The van der Waals surface area contributed by atoms with Crippen LogP contribution < -0.4 is 5.73 Å². The summed E-state index contributed by atoms with van der Waals surface area (Å²) in [7, 11) is 0. The van der Waals surface area contributed by atoms with Crippen LogP contribution in [0.3, 0.4) is 0 Å². The third-order valence-electron chi connectivity index (χ3n) is 4.16. The fraction of sp³-hybridized carbons (Fsp3) is 0.353. The minimum absolute atomic E-state index is 0.0904. The number of nitrogen functional groups attached to an aromatic ring is 1. The lowest BCUT2D eigenvalue weighted by Gasteiger charge is -2.18. The normalized spacial score (nSPS) is 17.8. The van der Waals surface area contributed by atoms with Crippen LogP contribution in [0.25, 0.3) is 0 Å². The average Bonchev–Trinajstić information content (AvgIpc) is 2.73. The van der Waals surface area contributed by atoms with E-state index >= 15 is 0 Å². The Bertz CT molecular complexity index is 672. The van der Waals surface area contributed by atoms with Crippen molar-refractivity contribution in [3.05, 3.63) is 51.4 Å². The van der Waals surface area contributed by atoms with Gasteiger partial charge in [0.05, 0.1) is 10.6 Å². The lowest BCUT2D eigenvalue weighted by molar-refractivity contribution is 0.103. The minimum atomic E-state index is 0.0904. The van der Waals surface area contributed by atoms with Crippen LogP contribution in [-0.4, -0.2) is 5.78 Å². The molecule has 1 unspecified atom stereocenters. The molecule has 20 heavy (non-hydrogen) atoms. The Morgan fingerprint density at radius 1 is 1.35 bits per heavy atom. The highest BCUT2D eigenvalue weighted by Gasteiger charge is 2.27. The standard InChI is InChI=1S/C17H19NOS/c1-10-7-8-13-14(9-10)20-17(18)15(13)16(19)12-6-4-3-5-11(12)2/h3-6,10H,7-9,18H2,1-2H3. The Balaban J connectivity index is 2.07. The van der Waals surface area contributed by atoms with Gasteiger partial charge >= 0.3 is 0 Å². The molecule has 104 valence electrons. The number of aryl methyl sites for hydroxylation is 1. The minimum Gasteiger partial charge on any atom is -0.390 e. The number of fused-ring (bicyclic) bond motifs is 1. The number of nitrogens with two attached hydrogens (primary N) is 1. The van der Waals surface area contributed by atoms with Crippen molar-refractivity contribution < 1.29 is 4.79 Å². The van der Waals surface area contributed by atoms with E-state index in [0.717, 1.165) is 36.0 Å². The third kappa shape index (κ3) is 2.16. The Morgan fingerprint density at radius 2 is 2.10 bits per heavy atom. The van der Waals surface area contributed by atoms with Crippen molar-refractivity contribution in [2.24, 2.45) is 5.92 Å². The summed E-state index contributed by atoms with van der Waals surface area (Å²) in [6, 6.07) is 7.74. The SMILES string of the molecule is Cc1ccccc1C(=O)c1c(N)sc2c1CCC(C)C2. The van der Waals surface area contributed by atoms with Gasteiger partial charge < -0.3 is 5.73 Å². The molecule has 1 atom stereocenters. The number of hydrogen-bond acceptors (Lipinski definition) is 3. The van der Waals surface area contributed by atoms with E-state index < -0.39 is 0 Å². The molecule has 0 spiro atoms. The number of hydrogen-bond donors (Lipinski definition) is 1. The number of rotatable bonds is 2. The maximum atomic E-state index is 12.8. The van der Waals surface area contributed by atoms with Crippen LogP contribution in [0, 0.1) is 12.8 Å². The van der Waals surface area contributed by atoms with E-state index in [1.54, 1.807) is 11.3 Å². The van der Waals surface area contributed by atoms with E-state index in [4.69, 9.17) is 5.73 Å². The first-order valence-corrected chi connectivity index (χ1v) is 7.90. The molecular formula is C17H19NOS. The molecule has 0 amide bonds.